The second-order valence-corrected chi connectivity index (χ2v) is 8.81. The van der Waals surface area contributed by atoms with Gasteiger partial charge in [0.1, 0.15) is 0 Å². The monoisotopic (exact) mass is 372 g/mol. The van der Waals surface area contributed by atoms with Crippen molar-refractivity contribution in [3.05, 3.63) is 65.2 Å². The van der Waals surface area contributed by atoms with Crippen molar-refractivity contribution in [1.29, 1.82) is 0 Å². The first kappa shape index (κ1) is 18.6. The van der Waals surface area contributed by atoms with Crippen molar-refractivity contribution in [2.45, 2.75) is 30.7 Å². The van der Waals surface area contributed by atoms with Gasteiger partial charge in [-0.3, -0.25) is 4.79 Å². The first-order valence-corrected chi connectivity index (χ1v) is 10.2. The Morgan fingerprint density at radius 1 is 1.12 bits per heavy atom. The van der Waals surface area contributed by atoms with Gasteiger partial charge in [-0.25, -0.2) is 12.7 Å². The highest BCUT2D eigenvalue weighted by atomic mass is 32.2. The van der Waals surface area contributed by atoms with Crippen LogP contribution >= 0.6 is 0 Å². The first-order valence-electron chi connectivity index (χ1n) is 8.77. The maximum atomic E-state index is 13.1. The minimum atomic E-state index is -3.57. The highest BCUT2D eigenvalue weighted by molar-refractivity contribution is 7.89. The molecule has 5 nitrogen and oxygen atoms in total. The quantitative estimate of drug-likeness (QED) is 0.810. The third kappa shape index (κ3) is 3.27. The van der Waals surface area contributed by atoms with Crippen molar-refractivity contribution in [3.8, 4) is 0 Å². The zero-order valence-electron chi connectivity index (χ0n) is 15.3. The Balaban J connectivity index is 1.94. The van der Waals surface area contributed by atoms with Gasteiger partial charge in [-0.05, 0) is 49.1 Å². The normalized spacial score (nSPS) is 16.5. The minimum absolute atomic E-state index is 0.0396. The highest BCUT2D eigenvalue weighted by Crippen LogP contribution is 2.36. The van der Waals surface area contributed by atoms with Crippen LogP contribution in [0.4, 0.5) is 0 Å². The fraction of sp³-hybridized carbons (Fsp3) is 0.350. The zero-order chi connectivity index (χ0) is 18.9. The number of carbonyl (C=O) groups excluding carboxylic acids is 1. The summed E-state index contributed by atoms with van der Waals surface area (Å²) in [6, 6.07) is 14.6. The molecule has 0 radical (unpaired) electrons. The molecular formula is C20H24N2O3S. The van der Waals surface area contributed by atoms with Crippen LogP contribution in [-0.4, -0.2) is 44.2 Å². The lowest BCUT2D eigenvalue weighted by Gasteiger charge is -2.29. The van der Waals surface area contributed by atoms with E-state index < -0.39 is 10.0 Å². The molecule has 2 aromatic rings. The maximum Gasteiger partial charge on any atom is 0.254 e. The summed E-state index contributed by atoms with van der Waals surface area (Å²) in [4.78, 5) is 15.1. The van der Waals surface area contributed by atoms with Crippen molar-refractivity contribution in [2.24, 2.45) is 0 Å². The third-order valence-electron chi connectivity index (χ3n) is 4.94. The molecule has 26 heavy (non-hydrogen) atoms. The Morgan fingerprint density at radius 3 is 2.54 bits per heavy atom. The molecule has 1 amide bonds. The van der Waals surface area contributed by atoms with Gasteiger partial charge < -0.3 is 4.90 Å². The summed E-state index contributed by atoms with van der Waals surface area (Å²) in [5.41, 5.74) is 2.88. The molecule has 0 spiro atoms. The Labute approximate surface area is 155 Å². The molecule has 0 aliphatic heterocycles. The predicted molar refractivity (Wildman–Crippen MR) is 102 cm³/mol. The van der Waals surface area contributed by atoms with Crippen LogP contribution in [0.25, 0.3) is 0 Å². The van der Waals surface area contributed by atoms with E-state index in [-0.39, 0.29) is 16.8 Å². The van der Waals surface area contributed by atoms with Crippen LogP contribution in [0.1, 0.15) is 40.9 Å². The van der Waals surface area contributed by atoms with E-state index in [0.717, 1.165) is 17.1 Å². The van der Waals surface area contributed by atoms with E-state index in [2.05, 4.69) is 12.1 Å². The van der Waals surface area contributed by atoms with Crippen LogP contribution in [0.15, 0.2) is 53.4 Å². The first-order chi connectivity index (χ1) is 12.4. The average Bonchev–Trinajstić information content (AvgIpc) is 3.06. The molecule has 0 fully saturated rings. The number of amides is 1. The molecule has 1 aliphatic carbocycles. The van der Waals surface area contributed by atoms with Crippen molar-refractivity contribution in [1.82, 2.24) is 9.21 Å². The number of hydrogen-bond acceptors (Lipinski definition) is 3. The molecule has 2 aromatic carbocycles. The minimum Gasteiger partial charge on any atom is -0.332 e. The SMILES string of the molecule is CCN(C(=O)c1cccc(S(=O)(=O)N(C)C)c1)[C@@H]1CCc2ccccc21. The van der Waals surface area contributed by atoms with Gasteiger partial charge in [0.15, 0.2) is 0 Å². The maximum absolute atomic E-state index is 13.1. The van der Waals surface area contributed by atoms with E-state index in [1.807, 2.05) is 24.0 Å². The Kier molecular flexibility index (Phi) is 5.16. The molecule has 1 aliphatic rings. The summed E-state index contributed by atoms with van der Waals surface area (Å²) in [5.74, 6) is -0.134. The van der Waals surface area contributed by atoms with Crippen molar-refractivity contribution < 1.29 is 13.2 Å². The van der Waals surface area contributed by atoms with E-state index in [1.165, 1.54) is 37.4 Å². The van der Waals surface area contributed by atoms with E-state index >= 15 is 0 Å². The van der Waals surface area contributed by atoms with Crippen LogP contribution in [-0.2, 0) is 16.4 Å². The van der Waals surface area contributed by atoms with E-state index in [9.17, 15) is 13.2 Å². The van der Waals surface area contributed by atoms with Crippen LogP contribution in [0.3, 0.4) is 0 Å². The fourth-order valence-corrected chi connectivity index (χ4v) is 4.48. The molecule has 6 heteroatoms. The molecule has 0 saturated carbocycles. The summed E-state index contributed by atoms with van der Waals surface area (Å²) < 4.78 is 25.9. The van der Waals surface area contributed by atoms with Crippen LogP contribution in [0, 0.1) is 0 Å². The van der Waals surface area contributed by atoms with Crippen LogP contribution < -0.4 is 0 Å². The number of fused-ring (bicyclic) bond motifs is 1. The number of rotatable bonds is 5. The Hall–Kier alpha value is -2.18. The molecule has 0 heterocycles. The van der Waals surface area contributed by atoms with Gasteiger partial charge in [0.2, 0.25) is 10.0 Å². The number of carbonyl (C=O) groups is 1. The van der Waals surface area contributed by atoms with Crippen LogP contribution in [0.5, 0.6) is 0 Å². The van der Waals surface area contributed by atoms with Crippen molar-refractivity contribution in [2.75, 3.05) is 20.6 Å². The lowest BCUT2D eigenvalue weighted by molar-refractivity contribution is 0.0688. The summed E-state index contributed by atoms with van der Waals surface area (Å²) in [6.45, 7) is 2.53. The Morgan fingerprint density at radius 2 is 1.85 bits per heavy atom. The molecule has 1 atom stereocenters. The molecule has 0 unspecified atom stereocenters. The standard InChI is InChI=1S/C20H24N2O3S/c1-4-22(19-13-12-15-8-5-6-11-18(15)19)20(23)16-9-7-10-17(14-16)26(24,25)21(2)3/h5-11,14,19H,4,12-13H2,1-3H3/t19-/m1/s1. The van der Waals surface area contributed by atoms with Gasteiger partial charge in [0.05, 0.1) is 10.9 Å². The number of hydrogen-bond donors (Lipinski definition) is 0. The lowest BCUT2D eigenvalue weighted by Crippen LogP contribution is -2.34. The van der Waals surface area contributed by atoms with Gasteiger partial charge in [0.25, 0.3) is 5.91 Å². The molecule has 138 valence electrons. The van der Waals surface area contributed by atoms with E-state index in [0.29, 0.717) is 12.1 Å². The predicted octanol–water partition coefficient (Wildman–Crippen LogP) is 3.09. The topological polar surface area (TPSA) is 57.7 Å². The van der Waals surface area contributed by atoms with Gasteiger partial charge in [0, 0.05) is 26.2 Å². The van der Waals surface area contributed by atoms with Gasteiger partial charge in [-0.15, -0.1) is 0 Å². The summed E-state index contributed by atoms with van der Waals surface area (Å²) in [5, 5.41) is 0. The van der Waals surface area contributed by atoms with Gasteiger partial charge in [-0.2, -0.15) is 0 Å². The van der Waals surface area contributed by atoms with Crippen molar-refractivity contribution >= 4 is 15.9 Å². The van der Waals surface area contributed by atoms with Gasteiger partial charge >= 0.3 is 0 Å². The molecule has 0 aromatic heterocycles. The summed E-state index contributed by atoms with van der Waals surface area (Å²) in [6.07, 6.45) is 1.86. The smallest absolute Gasteiger partial charge is 0.254 e. The lowest BCUT2D eigenvalue weighted by atomic mass is 10.1. The number of nitrogens with zero attached hydrogens (tertiary/aromatic N) is 2. The number of benzene rings is 2. The fourth-order valence-electron chi connectivity index (χ4n) is 3.53. The average molecular weight is 372 g/mol. The molecule has 0 bridgehead atoms. The highest BCUT2D eigenvalue weighted by Gasteiger charge is 2.30. The Bertz CT molecular complexity index is 922. The summed E-state index contributed by atoms with van der Waals surface area (Å²) in [7, 11) is -0.603. The zero-order valence-corrected chi connectivity index (χ0v) is 16.2. The molecule has 0 saturated heterocycles. The second kappa shape index (κ2) is 7.21. The van der Waals surface area contributed by atoms with Crippen LogP contribution in [0.2, 0.25) is 0 Å². The van der Waals surface area contributed by atoms with Crippen molar-refractivity contribution in [3.63, 3.8) is 0 Å². The number of sulfonamides is 1. The second-order valence-electron chi connectivity index (χ2n) is 6.66. The third-order valence-corrected chi connectivity index (χ3v) is 6.75. The molecular weight excluding hydrogens is 348 g/mol. The van der Waals surface area contributed by atoms with E-state index in [4.69, 9.17) is 0 Å². The summed E-state index contributed by atoms with van der Waals surface area (Å²) >= 11 is 0. The molecule has 0 N–H and O–H groups in total. The number of aryl methyl sites for hydroxylation is 1. The largest absolute Gasteiger partial charge is 0.332 e. The molecule has 3 rings (SSSR count). The van der Waals surface area contributed by atoms with E-state index in [1.54, 1.807) is 12.1 Å². The van der Waals surface area contributed by atoms with Gasteiger partial charge in [-0.1, -0.05) is 30.3 Å².